The van der Waals surface area contributed by atoms with Crippen LogP contribution in [0.3, 0.4) is 0 Å². The topological polar surface area (TPSA) is 55.2 Å². The van der Waals surface area contributed by atoms with Gasteiger partial charge in [-0.15, -0.1) is 0 Å². The first-order valence-corrected chi connectivity index (χ1v) is 5.59. The van der Waals surface area contributed by atoms with Gasteiger partial charge >= 0.3 is 0 Å². The van der Waals surface area contributed by atoms with Crippen LogP contribution in [0, 0.1) is 27.6 Å². The Morgan fingerprint density at radius 3 is 2.45 bits per heavy atom. The Balaban J connectivity index is 2.20. The van der Waals surface area contributed by atoms with E-state index in [0.29, 0.717) is 5.56 Å². The van der Waals surface area contributed by atoms with Crippen LogP contribution in [0.15, 0.2) is 36.4 Å². The van der Waals surface area contributed by atoms with Crippen LogP contribution in [0.1, 0.15) is 5.56 Å². The molecule has 0 fully saturated rings. The molecule has 0 aliphatic rings. The normalized spacial score (nSPS) is 10.3. The maximum absolute atomic E-state index is 13.1. The van der Waals surface area contributed by atoms with E-state index in [4.69, 9.17) is 0 Å². The second-order valence-corrected chi connectivity index (χ2v) is 4.02. The van der Waals surface area contributed by atoms with Gasteiger partial charge in [-0.2, -0.15) is 0 Å². The minimum absolute atomic E-state index is 0.00148. The molecule has 0 unspecified atom stereocenters. The zero-order valence-electron chi connectivity index (χ0n) is 10.1. The van der Waals surface area contributed by atoms with Crippen LogP contribution in [-0.2, 0) is 6.54 Å². The summed E-state index contributed by atoms with van der Waals surface area (Å²) < 4.78 is 38.8. The van der Waals surface area contributed by atoms with E-state index < -0.39 is 22.4 Å². The van der Waals surface area contributed by atoms with E-state index in [1.807, 2.05) is 0 Å². The fourth-order valence-corrected chi connectivity index (χ4v) is 1.66. The third-order valence-electron chi connectivity index (χ3n) is 2.62. The summed E-state index contributed by atoms with van der Waals surface area (Å²) in [5, 5.41) is 13.4. The van der Waals surface area contributed by atoms with Crippen LogP contribution in [0.2, 0.25) is 0 Å². The van der Waals surface area contributed by atoms with Crippen LogP contribution in [0.4, 0.5) is 24.5 Å². The van der Waals surface area contributed by atoms with Crippen molar-refractivity contribution in [2.24, 2.45) is 0 Å². The summed E-state index contributed by atoms with van der Waals surface area (Å²) in [6.45, 7) is 0.00148. The van der Waals surface area contributed by atoms with Crippen molar-refractivity contribution < 1.29 is 18.1 Å². The first kappa shape index (κ1) is 13.9. The molecule has 0 amide bonds. The predicted octanol–water partition coefficient (Wildman–Crippen LogP) is 3.62. The van der Waals surface area contributed by atoms with E-state index in [1.54, 1.807) is 0 Å². The third kappa shape index (κ3) is 3.05. The highest BCUT2D eigenvalue weighted by molar-refractivity contribution is 5.61. The van der Waals surface area contributed by atoms with E-state index >= 15 is 0 Å². The van der Waals surface area contributed by atoms with E-state index in [0.717, 1.165) is 30.3 Å². The lowest BCUT2D eigenvalue weighted by atomic mass is 10.2. The SMILES string of the molecule is O=[N+]([O-])c1ccc(F)cc1NCc1ccc(F)c(F)c1. The van der Waals surface area contributed by atoms with Crippen LogP contribution in [0.5, 0.6) is 0 Å². The molecule has 0 radical (unpaired) electrons. The molecule has 0 atom stereocenters. The van der Waals surface area contributed by atoms with Crippen LogP contribution in [0.25, 0.3) is 0 Å². The molecule has 104 valence electrons. The lowest BCUT2D eigenvalue weighted by Crippen LogP contribution is -2.03. The Morgan fingerprint density at radius 2 is 1.80 bits per heavy atom. The second kappa shape index (κ2) is 5.60. The Hall–Kier alpha value is -2.57. The quantitative estimate of drug-likeness (QED) is 0.688. The number of nitro groups is 1. The van der Waals surface area contributed by atoms with Crippen molar-refractivity contribution in [2.75, 3.05) is 5.32 Å². The van der Waals surface area contributed by atoms with Gasteiger partial charge in [-0.1, -0.05) is 6.07 Å². The summed E-state index contributed by atoms with van der Waals surface area (Å²) in [4.78, 5) is 10.1. The van der Waals surface area contributed by atoms with Gasteiger partial charge in [-0.3, -0.25) is 10.1 Å². The fraction of sp³-hybridized carbons (Fsp3) is 0.0769. The number of nitrogens with one attached hydrogen (secondary N) is 1. The van der Waals surface area contributed by atoms with Crippen molar-refractivity contribution >= 4 is 11.4 Å². The monoisotopic (exact) mass is 282 g/mol. The molecular formula is C13H9F3N2O2. The van der Waals surface area contributed by atoms with Crippen LogP contribution >= 0.6 is 0 Å². The van der Waals surface area contributed by atoms with Gasteiger partial charge in [-0.05, 0) is 23.8 Å². The molecule has 2 aromatic carbocycles. The number of rotatable bonds is 4. The van der Waals surface area contributed by atoms with Gasteiger partial charge in [0.2, 0.25) is 0 Å². The maximum Gasteiger partial charge on any atom is 0.292 e. The summed E-state index contributed by atoms with van der Waals surface area (Å²) in [6, 6.07) is 6.22. The summed E-state index contributed by atoms with van der Waals surface area (Å²) in [5.74, 6) is -2.63. The summed E-state index contributed by atoms with van der Waals surface area (Å²) in [7, 11) is 0. The molecule has 7 heteroatoms. The van der Waals surface area contributed by atoms with Gasteiger partial charge in [0, 0.05) is 18.7 Å². The van der Waals surface area contributed by atoms with Crippen molar-refractivity contribution in [1.82, 2.24) is 0 Å². The number of hydrogen-bond donors (Lipinski definition) is 1. The number of hydrogen-bond acceptors (Lipinski definition) is 3. The predicted molar refractivity (Wildman–Crippen MR) is 66.7 cm³/mol. The minimum atomic E-state index is -1.02. The summed E-state index contributed by atoms with van der Waals surface area (Å²) in [6.07, 6.45) is 0. The highest BCUT2D eigenvalue weighted by Crippen LogP contribution is 2.25. The number of nitro benzene ring substituents is 1. The standard InChI is InChI=1S/C13H9F3N2O2/c14-9-2-4-13(18(19)20)12(6-9)17-7-8-1-3-10(15)11(16)5-8/h1-6,17H,7H2. The number of nitrogens with zero attached hydrogens (tertiary/aromatic N) is 1. The molecular weight excluding hydrogens is 273 g/mol. The van der Waals surface area contributed by atoms with Gasteiger partial charge in [0.05, 0.1) is 4.92 Å². The molecule has 0 aliphatic heterocycles. The molecule has 1 N–H and O–H groups in total. The molecule has 0 saturated heterocycles. The van der Waals surface area contributed by atoms with Crippen molar-refractivity contribution in [2.45, 2.75) is 6.54 Å². The van der Waals surface area contributed by atoms with E-state index in [9.17, 15) is 23.3 Å². The maximum atomic E-state index is 13.1. The van der Waals surface area contributed by atoms with Crippen LogP contribution < -0.4 is 5.32 Å². The first-order chi connectivity index (χ1) is 9.47. The molecule has 4 nitrogen and oxygen atoms in total. The number of anilines is 1. The Labute approximate surface area is 112 Å². The van der Waals surface area contributed by atoms with E-state index in [2.05, 4.69) is 5.32 Å². The summed E-state index contributed by atoms with van der Waals surface area (Å²) in [5.41, 5.74) is 0.0520. The molecule has 0 bridgehead atoms. The fourth-order valence-electron chi connectivity index (χ4n) is 1.66. The molecule has 20 heavy (non-hydrogen) atoms. The lowest BCUT2D eigenvalue weighted by Gasteiger charge is -2.07. The average molecular weight is 282 g/mol. The molecule has 0 aliphatic carbocycles. The van der Waals surface area contributed by atoms with Gasteiger partial charge in [0.1, 0.15) is 11.5 Å². The smallest absolute Gasteiger partial charge is 0.292 e. The van der Waals surface area contributed by atoms with Gasteiger partial charge < -0.3 is 5.32 Å². The van der Waals surface area contributed by atoms with Gasteiger partial charge in [-0.25, -0.2) is 13.2 Å². The van der Waals surface area contributed by atoms with Crippen molar-refractivity contribution in [3.05, 3.63) is 69.5 Å². The third-order valence-corrected chi connectivity index (χ3v) is 2.62. The molecule has 0 saturated carbocycles. The highest BCUT2D eigenvalue weighted by Gasteiger charge is 2.14. The van der Waals surface area contributed by atoms with Gasteiger partial charge in [0.15, 0.2) is 11.6 Å². The molecule has 0 spiro atoms. The minimum Gasteiger partial charge on any atom is -0.375 e. The number of halogens is 3. The largest absolute Gasteiger partial charge is 0.375 e. The molecule has 0 aromatic heterocycles. The average Bonchev–Trinajstić information content (AvgIpc) is 2.40. The summed E-state index contributed by atoms with van der Waals surface area (Å²) >= 11 is 0. The highest BCUT2D eigenvalue weighted by atomic mass is 19.2. The van der Waals surface area contributed by atoms with Crippen molar-refractivity contribution in [1.29, 1.82) is 0 Å². The molecule has 0 heterocycles. The molecule has 2 rings (SSSR count). The van der Waals surface area contributed by atoms with Gasteiger partial charge in [0.25, 0.3) is 5.69 Å². The van der Waals surface area contributed by atoms with E-state index in [1.165, 1.54) is 6.07 Å². The number of benzene rings is 2. The first-order valence-electron chi connectivity index (χ1n) is 5.59. The zero-order valence-corrected chi connectivity index (χ0v) is 10.1. The van der Waals surface area contributed by atoms with Crippen molar-refractivity contribution in [3.63, 3.8) is 0 Å². The zero-order chi connectivity index (χ0) is 14.7. The van der Waals surface area contributed by atoms with Crippen LogP contribution in [-0.4, -0.2) is 4.92 Å². The lowest BCUT2D eigenvalue weighted by molar-refractivity contribution is -0.384. The Kier molecular flexibility index (Phi) is 3.88. The Morgan fingerprint density at radius 1 is 1.05 bits per heavy atom. The molecule has 2 aromatic rings. The van der Waals surface area contributed by atoms with E-state index in [-0.39, 0.29) is 17.9 Å². The second-order valence-electron chi connectivity index (χ2n) is 4.02. The Bertz CT molecular complexity index is 662. The van der Waals surface area contributed by atoms with Crippen molar-refractivity contribution in [3.8, 4) is 0 Å².